The zero-order valence-electron chi connectivity index (χ0n) is 12.0. The number of rotatable bonds is 6. The molecule has 0 aromatic heterocycles. The van der Waals surface area contributed by atoms with Gasteiger partial charge in [-0.3, -0.25) is 9.52 Å². The number of ether oxygens (including phenoxy) is 1. The van der Waals surface area contributed by atoms with Crippen molar-refractivity contribution in [2.24, 2.45) is 0 Å². The lowest BCUT2D eigenvalue weighted by atomic mass is 10.2. The standard InChI is InChI=1S/C15H13F2NO4S/c1-10(19)11-2-8-14(9-3-11)23(20,21)18-12-4-6-13(7-5-12)22-15(16)17/h2-9,15,18H,1H3. The highest BCUT2D eigenvalue weighted by Gasteiger charge is 2.15. The number of hydrogen-bond acceptors (Lipinski definition) is 4. The molecule has 0 radical (unpaired) electrons. The first kappa shape index (κ1) is 16.9. The Bertz CT molecular complexity index is 787. The lowest BCUT2D eigenvalue weighted by Gasteiger charge is -2.09. The molecule has 0 unspecified atom stereocenters. The minimum Gasteiger partial charge on any atom is -0.435 e. The lowest BCUT2D eigenvalue weighted by molar-refractivity contribution is -0.0498. The van der Waals surface area contributed by atoms with Crippen LogP contribution in [0.25, 0.3) is 0 Å². The number of benzene rings is 2. The number of anilines is 1. The lowest BCUT2D eigenvalue weighted by Crippen LogP contribution is -2.13. The summed E-state index contributed by atoms with van der Waals surface area (Å²) in [6.45, 7) is -1.57. The highest BCUT2D eigenvalue weighted by atomic mass is 32.2. The molecule has 5 nitrogen and oxygen atoms in total. The molecule has 0 amide bonds. The molecule has 0 bridgehead atoms. The monoisotopic (exact) mass is 341 g/mol. The molecule has 2 rings (SSSR count). The summed E-state index contributed by atoms with van der Waals surface area (Å²) in [6.07, 6.45) is 0. The average molecular weight is 341 g/mol. The van der Waals surface area contributed by atoms with Crippen LogP contribution in [0, 0.1) is 0 Å². The van der Waals surface area contributed by atoms with Crippen LogP contribution in [-0.4, -0.2) is 20.8 Å². The van der Waals surface area contributed by atoms with Gasteiger partial charge in [0.25, 0.3) is 10.0 Å². The van der Waals surface area contributed by atoms with Gasteiger partial charge in [0.2, 0.25) is 0 Å². The molecule has 2 aromatic carbocycles. The van der Waals surface area contributed by atoms with E-state index in [1.165, 1.54) is 55.5 Å². The zero-order chi connectivity index (χ0) is 17.0. The van der Waals surface area contributed by atoms with Gasteiger partial charge in [-0.05, 0) is 43.3 Å². The summed E-state index contributed by atoms with van der Waals surface area (Å²) in [4.78, 5) is 11.2. The summed E-state index contributed by atoms with van der Waals surface area (Å²) in [5.41, 5.74) is 0.597. The van der Waals surface area contributed by atoms with Crippen molar-refractivity contribution in [3.63, 3.8) is 0 Å². The maximum absolute atomic E-state index is 12.2. The minimum atomic E-state index is -3.84. The summed E-state index contributed by atoms with van der Waals surface area (Å²) in [7, 11) is -3.84. The van der Waals surface area contributed by atoms with Gasteiger partial charge in [-0.2, -0.15) is 8.78 Å². The minimum absolute atomic E-state index is 0.0181. The van der Waals surface area contributed by atoms with Gasteiger partial charge in [-0.1, -0.05) is 12.1 Å². The van der Waals surface area contributed by atoms with Gasteiger partial charge in [0.1, 0.15) is 5.75 Å². The molecular weight excluding hydrogens is 328 g/mol. The van der Waals surface area contributed by atoms with Crippen molar-refractivity contribution in [2.45, 2.75) is 18.4 Å². The third kappa shape index (κ3) is 4.49. The topological polar surface area (TPSA) is 72.5 Å². The van der Waals surface area contributed by atoms with E-state index < -0.39 is 16.6 Å². The first-order valence-corrected chi connectivity index (χ1v) is 7.95. The Morgan fingerprint density at radius 2 is 1.61 bits per heavy atom. The summed E-state index contributed by atoms with van der Waals surface area (Å²) >= 11 is 0. The van der Waals surface area contributed by atoms with Crippen LogP contribution in [0.2, 0.25) is 0 Å². The highest BCUT2D eigenvalue weighted by molar-refractivity contribution is 7.92. The molecule has 0 aliphatic heterocycles. The van der Waals surface area contributed by atoms with Crippen molar-refractivity contribution in [2.75, 3.05) is 4.72 Å². The number of Topliss-reactive ketones (excluding diaryl/α,β-unsaturated/α-hetero) is 1. The Balaban J connectivity index is 2.15. The fraction of sp³-hybridized carbons (Fsp3) is 0.133. The van der Waals surface area contributed by atoms with E-state index in [9.17, 15) is 22.0 Å². The van der Waals surface area contributed by atoms with Gasteiger partial charge in [0.05, 0.1) is 4.90 Å². The van der Waals surface area contributed by atoms with Crippen molar-refractivity contribution in [3.05, 3.63) is 54.1 Å². The van der Waals surface area contributed by atoms with E-state index in [-0.39, 0.29) is 22.1 Å². The molecule has 122 valence electrons. The molecule has 0 atom stereocenters. The fourth-order valence-electron chi connectivity index (χ4n) is 1.79. The molecule has 0 aliphatic carbocycles. The van der Waals surface area contributed by atoms with Gasteiger partial charge >= 0.3 is 6.61 Å². The largest absolute Gasteiger partial charge is 0.435 e. The predicted octanol–water partition coefficient (Wildman–Crippen LogP) is 3.29. The molecule has 2 aromatic rings. The van der Waals surface area contributed by atoms with E-state index in [0.717, 1.165) is 0 Å². The molecule has 8 heteroatoms. The Morgan fingerprint density at radius 1 is 1.04 bits per heavy atom. The quantitative estimate of drug-likeness (QED) is 0.819. The molecule has 0 heterocycles. The van der Waals surface area contributed by atoms with E-state index >= 15 is 0 Å². The molecule has 0 saturated carbocycles. The number of nitrogens with one attached hydrogen (secondary N) is 1. The fourth-order valence-corrected chi connectivity index (χ4v) is 2.85. The molecule has 1 N–H and O–H groups in total. The third-order valence-electron chi connectivity index (χ3n) is 2.90. The molecule has 0 spiro atoms. The van der Waals surface area contributed by atoms with Crippen LogP contribution in [0.15, 0.2) is 53.4 Å². The van der Waals surface area contributed by atoms with Crippen LogP contribution in [-0.2, 0) is 10.0 Å². The molecule has 23 heavy (non-hydrogen) atoms. The van der Waals surface area contributed by atoms with Gasteiger partial charge in [0.15, 0.2) is 5.78 Å². The zero-order valence-corrected chi connectivity index (χ0v) is 12.8. The Morgan fingerprint density at radius 3 is 2.09 bits per heavy atom. The summed E-state index contributed by atoms with van der Waals surface area (Å²) < 4.78 is 55.0. The first-order valence-electron chi connectivity index (χ1n) is 6.46. The van der Waals surface area contributed by atoms with E-state index in [4.69, 9.17) is 0 Å². The average Bonchev–Trinajstić information content (AvgIpc) is 2.48. The van der Waals surface area contributed by atoms with Crippen LogP contribution < -0.4 is 9.46 Å². The Kier molecular flexibility index (Phi) is 4.95. The third-order valence-corrected chi connectivity index (χ3v) is 4.30. The van der Waals surface area contributed by atoms with E-state index in [1.807, 2.05) is 0 Å². The van der Waals surface area contributed by atoms with Gasteiger partial charge in [-0.25, -0.2) is 8.42 Å². The maximum Gasteiger partial charge on any atom is 0.387 e. The highest BCUT2D eigenvalue weighted by Crippen LogP contribution is 2.21. The van der Waals surface area contributed by atoms with Crippen LogP contribution >= 0.6 is 0 Å². The van der Waals surface area contributed by atoms with Crippen molar-refractivity contribution < 1.29 is 26.7 Å². The number of carbonyl (C=O) groups excluding carboxylic acids is 1. The maximum atomic E-state index is 12.2. The summed E-state index contributed by atoms with van der Waals surface area (Å²) in [6, 6.07) is 10.5. The van der Waals surface area contributed by atoms with Gasteiger partial charge < -0.3 is 4.74 Å². The smallest absolute Gasteiger partial charge is 0.387 e. The molecule has 0 aliphatic rings. The number of sulfonamides is 1. The van der Waals surface area contributed by atoms with Crippen LogP contribution in [0.1, 0.15) is 17.3 Å². The second-order valence-electron chi connectivity index (χ2n) is 4.59. The Hall–Kier alpha value is -2.48. The van der Waals surface area contributed by atoms with Gasteiger partial charge in [-0.15, -0.1) is 0 Å². The van der Waals surface area contributed by atoms with E-state index in [2.05, 4.69) is 9.46 Å². The number of carbonyl (C=O) groups is 1. The van der Waals surface area contributed by atoms with Crippen LogP contribution in [0.3, 0.4) is 0 Å². The summed E-state index contributed by atoms with van der Waals surface area (Å²) in [5, 5.41) is 0. The van der Waals surface area contributed by atoms with Crippen LogP contribution in [0.5, 0.6) is 5.75 Å². The van der Waals surface area contributed by atoms with Crippen LogP contribution in [0.4, 0.5) is 14.5 Å². The molecular formula is C15H13F2NO4S. The second-order valence-corrected chi connectivity index (χ2v) is 6.27. The van der Waals surface area contributed by atoms with E-state index in [1.54, 1.807) is 0 Å². The SMILES string of the molecule is CC(=O)c1ccc(S(=O)(=O)Nc2ccc(OC(F)F)cc2)cc1. The molecule has 0 fully saturated rings. The number of alkyl halides is 2. The first-order chi connectivity index (χ1) is 10.8. The van der Waals surface area contributed by atoms with Gasteiger partial charge in [0, 0.05) is 11.3 Å². The normalized spacial score (nSPS) is 11.3. The molecule has 0 saturated heterocycles. The summed E-state index contributed by atoms with van der Waals surface area (Å²) in [5.74, 6) is -0.245. The van der Waals surface area contributed by atoms with Crippen molar-refractivity contribution >= 4 is 21.5 Å². The Labute approximate surface area is 132 Å². The number of halogens is 2. The van der Waals surface area contributed by atoms with Crippen molar-refractivity contribution in [3.8, 4) is 5.75 Å². The number of hydrogen-bond donors (Lipinski definition) is 1. The second kappa shape index (κ2) is 6.74. The van der Waals surface area contributed by atoms with Crippen molar-refractivity contribution in [1.29, 1.82) is 0 Å². The van der Waals surface area contributed by atoms with Crippen molar-refractivity contribution in [1.82, 2.24) is 0 Å². The predicted molar refractivity (Wildman–Crippen MR) is 80.3 cm³/mol. The van der Waals surface area contributed by atoms with E-state index in [0.29, 0.717) is 5.56 Å². The number of ketones is 1.